The maximum atomic E-state index is 12.5. The number of sulfonamides is 1. The fraction of sp³-hybridized carbons (Fsp3) is 0.929. The summed E-state index contributed by atoms with van der Waals surface area (Å²) < 4.78 is 48.6. The number of rotatable bonds is 8. The number of alkyl halides is 2. The lowest BCUT2D eigenvalue weighted by Crippen LogP contribution is -2.48. The van der Waals surface area contributed by atoms with Crippen LogP contribution in [0.4, 0.5) is 8.78 Å². The second-order valence-electron chi connectivity index (χ2n) is 6.05. The number of amides is 1. The Hall–Kier alpha value is -0.510. The van der Waals surface area contributed by atoms with E-state index >= 15 is 0 Å². The Morgan fingerprint density at radius 2 is 1.79 bits per heavy atom. The molecule has 0 unspecified atom stereocenters. The first-order valence-corrected chi connectivity index (χ1v) is 9.49. The van der Waals surface area contributed by atoms with Crippen molar-refractivity contribution in [1.29, 1.82) is 0 Å². The van der Waals surface area contributed by atoms with Crippen LogP contribution in [0.15, 0.2) is 0 Å². The van der Waals surface area contributed by atoms with Crippen LogP contribution < -0.4 is 11.1 Å². The Kier molecular flexibility index (Phi) is 9.63. The van der Waals surface area contributed by atoms with Crippen LogP contribution in [0.1, 0.15) is 39.5 Å². The summed E-state index contributed by atoms with van der Waals surface area (Å²) in [6.45, 7) is 4.67. The maximum Gasteiger partial charge on any atom is 0.350 e. The van der Waals surface area contributed by atoms with Crippen molar-refractivity contribution in [1.82, 2.24) is 9.62 Å². The Balaban J connectivity index is 0.00000529. The standard InChI is InChI=1S/C14H27F2N3O3S.ClH/c1-3-14(4-2,10-17)12(20)18-9-11-5-7-19(8-6-11)23(21,22)13(15)16;/h11,13H,3-10,17H2,1-2H3,(H,18,20);1H. The van der Waals surface area contributed by atoms with Gasteiger partial charge in [-0.1, -0.05) is 13.8 Å². The predicted octanol–water partition coefficient (Wildman–Crippen LogP) is 1.55. The topological polar surface area (TPSA) is 92.5 Å². The second-order valence-corrected chi connectivity index (χ2v) is 7.95. The molecule has 0 aromatic heterocycles. The third kappa shape index (κ3) is 5.24. The Morgan fingerprint density at radius 3 is 2.17 bits per heavy atom. The summed E-state index contributed by atoms with van der Waals surface area (Å²) in [5.74, 6) is -3.38. The average Bonchev–Trinajstić information content (AvgIpc) is 2.55. The van der Waals surface area contributed by atoms with Crippen LogP contribution in [0.25, 0.3) is 0 Å². The third-order valence-electron chi connectivity index (χ3n) is 4.94. The van der Waals surface area contributed by atoms with Gasteiger partial charge in [0, 0.05) is 26.2 Å². The summed E-state index contributed by atoms with van der Waals surface area (Å²) in [5, 5.41) is 2.89. The third-order valence-corrected chi connectivity index (χ3v) is 6.47. The lowest BCUT2D eigenvalue weighted by Gasteiger charge is -2.33. The van der Waals surface area contributed by atoms with Gasteiger partial charge in [-0.2, -0.15) is 13.1 Å². The van der Waals surface area contributed by atoms with E-state index in [2.05, 4.69) is 5.32 Å². The van der Waals surface area contributed by atoms with Gasteiger partial charge < -0.3 is 11.1 Å². The minimum absolute atomic E-state index is 0. The first-order valence-electron chi connectivity index (χ1n) is 7.99. The number of hydrogen-bond acceptors (Lipinski definition) is 4. The molecule has 6 nitrogen and oxygen atoms in total. The molecule has 1 fully saturated rings. The number of nitrogens with zero attached hydrogens (tertiary/aromatic N) is 1. The number of nitrogens with one attached hydrogen (secondary N) is 1. The molecule has 144 valence electrons. The molecule has 0 saturated carbocycles. The molecule has 1 aliphatic heterocycles. The highest BCUT2D eigenvalue weighted by Gasteiger charge is 2.36. The minimum Gasteiger partial charge on any atom is -0.355 e. The van der Waals surface area contributed by atoms with Crippen molar-refractivity contribution in [3.63, 3.8) is 0 Å². The van der Waals surface area contributed by atoms with Gasteiger partial charge in [-0.25, -0.2) is 8.42 Å². The zero-order chi connectivity index (χ0) is 17.7. The molecular formula is C14H28ClF2N3O3S. The zero-order valence-corrected chi connectivity index (χ0v) is 15.8. The first kappa shape index (κ1) is 23.5. The van der Waals surface area contributed by atoms with Crippen molar-refractivity contribution in [3.05, 3.63) is 0 Å². The molecule has 1 heterocycles. The molecular weight excluding hydrogens is 364 g/mol. The van der Waals surface area contributed by atoms with Gasteiger partial charge in [0.1, 0.15) is 0 Å². The van der Waals surface area contributed by atoms with E-state index in [-0.39, 0.29) is 43.9 Å². The van der Waals surface area contributed by atoms with Gasteiger partial charge in [0.05, 0.1) is 5.41 Å². The molecule has 10 heteroatoms. The first-order chi connectivity index (χ1) is 10.7. The molecule has 1 rings (SSSR count). The van der Waals surface area contributed by atoms with Crippen LogP contribution in [0, 0.1) is 11.3 Å². The Bertz CT molecular complexity index is 485. The Morgan fingerprint density at radius 1 is 1.29 bits per heavy atom. The van der Waals surface area contributed by atoms with Gasteiger partial charge in [0.25, 0.3) is 10.0 Å². The average molecular weight is 392 g/mol. The van der Waals surface area contributed by atoms with Crippen molar-refractivity contribution in [2.75, 3.05) is 26.2 Å². The van der Waals surface area contributed by atoms with Crippen LogP contribution in [0.2, 0.25) is 0 Å². The van der Waals surface area contributed by atoms with Crippen molar-refractivity contribution in [2.45, 2.75) is 45.3 Å². The molecule has 24 heavy (non-hydrogen) atoms. The van der Waals surface area contributed by atoms with E-state index < -0.39 is 21.2 Å². The summed E-state index contributed by atoms with van der Waals surface area (Å²) in [7, 11) is -4.49. The second kappa shape index (κ2) is 9.84. The number of piperidine rings is 1. The lowest BCUT2D eigenvalue weighted by molar-refractivity contribution is -0.131. The number of halogens is 3. The fourth-order valence-corrected chi connectivity index (χ4v) is 3.80. The molecule has 0 aromatic rings. The molecule has 0 atom stereocenters. The molecule has 0 bridgehead atoms. The Labute approximate surface area is 149 Å². The molecule has 1 amide bonds. The van der Waals surface area contributed by atoms with E-state index in [0.717, 1.165) is 4.31 Å². The van der Waals surface area contributed by atoms with E-state index in [1.165, 1.54) is 0 Å². The smallest absolute Gasteiger partial charge is 0.350 e. The van der Waals surface area contributed by atoms with E-state index in [1.807, 2.05) is 13.8 Å². The van der Waals surface area contributed by atoms with Crippen molar-refractivity contribution < 1.29 is 22.0 Å². The van der Waals surface area contributed by atoms with E-state index in [9.17, 15) is 22.0 Å². The van der Waals surface area contributed by atoms with Crippen molar-refractivity contribution in [3.8, 4) is 0 Å². The molecule has 0 aliphatic carbocycles. The van der Waals surface area contributed by atoms with Crippen LogP contribution >= 0.6 is 12.4 Å². The van der Waals surface area contributed by atoms with Crippen LogP contribution in [-0.4, -0.2) is 50.6 Å². The van der Waals surface area contributed by atoms with Gasteiger partial charge in [0.15, 0.2) is 0 Å². The summed E-state index contributed by atoms with van der Waals surface area (Å²) in [4.78, 5) is 12.3. The van der Waals surface area contributed by atoms with Gasteiger partial charge >= 0.3 is 5.76 Å². The zero-order valence-electron chi connectivity index (χ0n) is 14.1. The van der Waals surface area contributed by atoms with Crippen LogP contribution in [0.3, 0.4) is 0 Å². The van der Waals surface area contributed by atoms with Crippen molar-refractivity contribution in [2.24, 2.45) is 17.1 Å². The van der Waals surface area contributed by atoms with Crippen LogP contribution in [0.5, 0.6) is 0 Å². The summed E-state index contributed by atoms with van der Waals surface area (Å²) >= 11 is 0. The maximum absolute atomic E-state index is 12.5. The lowest BCUT2D eigenvalue weighted by atomic mass is 9.81. The predicted molar refractivity (Wildman–Crippen MR) is 91.5 cm³/mol. The summed E-state index contributed by atoms with van der Waals surface area (Å²) in [6.07, 6.45) is 2.22. The number of nitrogens with two attached hydrogens (primary N) is 1. The van der Waals surface area contributed by atoms with Gasteiger partial charge in [0.2, 0.25) is 5.91 Å². The molecule has 0 spiro atoms. The fourth-order valence-electron chi connectivity index (χ4n) is 2.86. The van der Waals surface area contributed by atoms with E-state index in [0.29, 0.717) is 32.2 Å². The van der Waals surface area contributed by atoms with E-state index in [4.69, 9.17) is 5.73 Å². The molecule has 1 aliphatic rings. The summed E-state index contributed by atoms with van der Waals surface area (Å²) in [5.41, 5.74) is 5.16. The molecule has 1 saturated heterocycles. The number of carbonyl (C=O) groups excluding carboxylic acids is 1. The highest BCUT2D eigenvalue weighted by molar-refractivity contribution is 7.89. The summed E-state index contributed by atoms with van der Waals surface area (Å²) in [6, 6.07) is 0. The SMILES string of the molecule is CCC(CC)(CN)C(=O)NCC1CCN(S(=O)(=O)C(F)F)CC1.Cl. The molecule has 0 aromatic carbocycles. The van der Waals surface area contributed by atoms with E-state index in [1.54, 1.807) is 0 Å². The van der Waals surface area contributed by atoms with Gasteiger partial charge in [-0.15, -0.1) is 12.4 Å². The number of carbonyl (C=O) groups is 1. The highest BCUT2D eigenvalue weighted by atomic mass is 35.5. The quantitative estimate of drug-likeness (QED) is 0.656. The van der Waals surface area contributed by atoms with Gasteiger partial charge in [-0.3, -0.25) is 4.79 Å². The minimum atomic E-state index is -4.49. The normalized spacial score (nSPS) is 17.6. The van der Waals surface area contributed by atoms with Crippen LogP contribution in [-0.2, 0) is 14.8 Å². The highest BCUT2D eigenvalue weighted by Crippen LogP contribution is 2.26. The molecule has 0 radical (unpaired) electrons. The monoisotopic (exact) mass is 391 g/mol. The molecule has 3 N–H and O–H groups in total. The van der Waals surface area contributed by atoms with Crippen molar-refractivity contribution >= 4 is 28.3 Å². The van der Waals surface area contributed by atoms with Gasteiger partial charge in [-0.05, 0) is 31.6 Å². The largest absolute Gasteiger partial charge is 0.355 e. The number of hydrogen-bond donors (Lipinski definition) is 2.